The van der Waals surface area contributed by atoms with Crippen LogP contribution in [-0.2, 0) is 6.61 Å². The van der Waals surface area contributed by atoms with Gasteiger partial charge in [-0.25, -0.2) is 9.78 Å². The second-order valence-corrected chi connectivity index (χ2v) is 5.26. The highest BCUT2D eigenvalue weighted by Crippen LogP contribution is 2.28. The third-order valence-corrected chi connectivity index (χ3v) is 3.55. The Kier molecular flexibility index (Phi) is 4.43. The second-order valence-electron chi connectivity index (χ2n) is 5.26. The smallest absolute Gasteiger partial charge is 0.336 e. The van der Waals surface area contributed by atoms with Crippen molar-refractivity contribution in [2.75, 3.05) is 5.73 Å². The minimum Gasteiger partial charge on any atom is -0.489 e. The fourth-order valence-corrected chi connectivity index (χ4v) is 2.37. The van der Waals surface area contributed by atoms with Crippen LogP contribution in [0.15, 0.2) is 66.9 Å². The van der Waals surface area contributed by atoms with Gasteiger partial charge in [-0.1, -0.05) is 42.5 Å². The van der Waals surface area contributed by atoms with Crippen LogP contribution in [0.25, 0.3) is 11.1 Å². The molecule has 3 rings (SSSR count). The van der Waals surface area contributed by atoms with Gasteiger partial charge >= 0.3 is 5.97 Å². The lowest BCUT2D eigenvalue weighted by Gasteiger charge is -2.10. The van der Waals surface area contributed by atoms with Gasteiger partial charge in [0.25, 0.3) is 0 Å². The molecule has 24 heavy (non-hydrogen) atoms. The molecule has 2 aromatic carbocycles. The molecular weight excluding hydrogens is 304 g/mol. The number of carbonyl (C=O) groups is 1. The van der Waals surface area contributed by atoms with Crippen LogP contribution in [0.1, 0.15) is 15.9 Å². The van der Waals surface area contributed by atoms with Gasteiger partial charge in [0, 0.05) is 11.8 Å². The Morgan fingerprint density at radius 3 is 2.62 bits per heavy atom. The highest BCUT2D eigenvalue weighted by Gasteiger charge is 2.13. The van der Waals surface area contributed by atoms with Crippen LogP contribution in [0.2, 0.25) is 0 Å². The van der Waals surface area contributed by atoms with Gasteiger partial charge in [0.05, 0.1) is 5.56 Å². The molecule has 0 unspecified atom stereocenters. The largest absolute Gasteiger partial charge is 0.489 e. The summed E-state index contributed by atoms with van der Waals surface area (Å²) in [6.07, 6.45) is 1.47. The number of anilines is 1. The van der Waals surface area contributed by atoms with Gasteiger partial charge in [-0.05, 0) is 29.3 Å². The van der Waals surface area contributed by atoms with E-state index in [1.807, 2.05) is 48.5 Å². The lowest BCUT2D eigenvalue weighted by molar-refractivity contribution is 0.0697. The quantitative estimate of drug-likeness (QED) is 0.750. The van der Waals surface area contributed by atoms with Crippen LogP contribution in [0.5, 0.6) is 5.75 Å². The first-order valence-electron chi connectivity index (χ1n) is 7.39. The standard InChI is InChI=1S/C19H16N2O3/c20-18-10-16(19(22)23)17(11-21-18)14-7-4-8-15(9-14)24-12-13-5-2-1-3-6-13/h1-11H,12H2,(H2,20,21)(H,22,23). The monoisotopic (exact) mass is 320 g/mol. The van der Waals surface area contributed by atoms with Crippen molar-refractivity contribution < 1.29 is 14.6 Å². The van der Waals surface area contributed by atoms with E-state index >= 15 is 0 Å². The molecule has 0 atom stereocenters. The molecule has 0 fully saturated rings. The number of carboxylic acids is 1. The van der Waals surface area contributed by atoms with Crippen molar-refractivity contribution in [3.63, 3.8) is 0 Å². The molecule has 0 bridgehead atoms. The highest BCUT2D eigenvalue weighted by atomic mass is 16.5. The first kappa shape index (κ1) is 15.6. The zero-order valence-corrected chi connectivity index (χ0v) is 12.8. The molecule has 0 spiro atoms. The molecular formula is C19H16N2O3. The Hall–Kier alpha value is -3.34. The number of aromatic nitrogens is 1. The Morgan fingerprint density at radius 2 is 1.88 bits per heavy atom. The van der Waals surface area contributed by atoms with Gasteiger partial charge in [-0.3, -0.25) is 0 Å². The van der Waals surface area contributed by atoms with Gasteiger partial charge in [-0.2, -0.15) is 0 Å². The van der Waals surface area contributed by atoms with Crippen LogP contribution in [0.4, 0.5) is 5.82 Å². The fourth-order valence-electron chi connectivity index (χ4n) is 2.37. The van der Waals surface area contributed by atoms with Gasteiger partial charge < -0.3 is 15.6 Å². The molecule has 0 saturated carbocycles. The lowest BCUT2D eigenvalue weighted by Crippen LogP contribution is -2.03. The third-order valence-electron chi connectivity index (χ3n) is 3.55. The maximum atomic E-state index is 11.4. The minimum atomic E-state index is -1.05. The Bertz CT molecular complexity index is 863. The molecule has 0 aliphatic heterocycles. The zero-order valence-electron chi connectivity index (χ0n) is 12.8. The maximum Gasteiger partial charge on any atom is 0.336 e. The predicted molar refractivity (Wildman–Crippen MR) is 91.8 cm³/mol. The minimum absolute atomic E-state index is 0.114. The molecule has 0 amide bonds. The number of rotatable bonds is 5. The van der Waals surface area contributed by atoms with Crippen molar-refractivity contribution in [2.45, 2.75) is 6.61 Å². The normalized spacial score (nSPS) is 10.3. The third kappa shape index (κ3) is 3.52. The summed E-state index contributed by atoms with van der Waals surface area (Å²) in [6.45, 7) is 0.441. The van der Waals surface area contributed by atoms with Gasteiger partial charge in [-0.15, -0.1) is 0 Å². The molecule has 0 aliphatic rings. The topological polar surface area (TPSA) is 85.4 Å². The number of pyridine rings is 1. The number of nitrogens with zero attached hydrogens (tertiary/aromatic N) is 1. The van der Waals surface area contributed by atoms with Crippen molar-refractivity contribution in [3.8, 4) is 16.9 Å². The number of hydrogen-bond donors (Lipinski definition) is 2. The number of benzene rings is 2. The molecule has 3 N–H and O–H groups in total. The maximum absolute atomic E-state index is 11.4. The summed E-state index contributed by atoms with van der Waals surface area (Å²) >= 11 is 0. The molecule has 1 aromatic heterocycles. The van der Waals surface area contributed by atoms with Crippen molar-refractivity contribution >= 4 is 11.8 Å². The molecule has 5 heteroatoms. The fraction of sp³-hybridized carbons (Fsp3) is 0.0526. The molecule has 0 saturated heterocycles. The van der Waals surface area contributed by atoms with Crippen molar-refractivity contribution in [1.82, 2.24) is 4.98 Å². The van der Waals surface area contributed by atoms with Crippen LogP contribution < -0.4 is 10.5 Å². The van der Waals surface area contributed by atoms with E-state index in [-0.39, 0.29) is 11.4 Å². The molecule has 0 radical (unpaired) electrons. The van der Waals surface area contributed by atoms with Crippen LogP contribution in [-0.4, -0.2) is 16.1 Å². The summed E-state index contributed by atoms with van der Waals surface area (Å²) in [5.41, 5.74) is 7.97. The van der Waals surface area contributed by atoms with E-state index in [0.29, 0.717) is 23.5 Å². The van der Waals surface area contributed by atoms with Gasteiger partial charge in [0.2, 0.25) is 0 Å². The van der Waals surface area contributed by atoms with Gasteiger partial charge in [0.1, 0.15) is 18.2 Å². The summed E-state index contributed by atoms with van der Waals surface area (Å²) in [6, 6.07) is 18.4. The van der Waals surface area contributed by atoms with E-state index < -0.39 is 5.97 Å². The Morgan fingerprint density at radius 1 is 1.08 bits per heavy atom. The summed E-state index contributed by atoms with van der Waals surface area (Å²) < 4.78 is 5.79. The van der Waals surface area contributed by atoms with E-state index in [0.717, 1.165) is 5.56 Å². The predicted octanol–water partition coefficient (Wildman–Crippen LogP) is 3.61. The number of aromatic carboxylic acids is 1. The van der Waals surface area contributed by atoms with Crippen LogP contribution >= 0.6 is 0 Å². The summed E-state index contributed by atoms with van der Waals surface area (Å²) in [4.78, 5) is 15.4. The van der Waals surface area contributed by atoms with Gasteiger partial charge in [0.15, 0.2) is 0 Å². The number of carboxylic acid groups (broad SMARTS) is 1. The molecule has 0 aliphatic carbocycles. The van der Waals surface area contributed by atoms with E-state index in [2.05, 4.69) is 4.98 Å². The summed E-state index contributed by atoms with van der Waals surface area (Å²) in [5, 5.41) is 9.36. The number of ether oxygens (including phenoxy) is 1. The van der Waals surface area contributed by atoms with E-state index in [4.69, 9.17) is 10.5 Å². The van der Waals surface area contributed by atoms with Crippen LogP contribution in [0.3, 0.4) is 0 Å². The molecule has 3 aromatic rings. The average Bonchev–Trinajstić information content (AvgIpc) is 2.61. The van der Waals surface area contributed by atoms with Crippen molar-refractivity contribution in [1.29, 1.82) is 0 Å². The summed E-state index contributed by atoms with van der Waals surface area (Å²) in [5.74, 6) is -0.216. The highest BCUT2D eigenvalue weighted by molar-refractivity contribution is 5.96. The molecule has 5 nitrogen and oxygen atoms in total. The number of nitrogen functional groups attached to an aromatic ring is 1. The van der Waals surface area contributed by atoms with E-state index in [1.54, 1.807) is 6.07 Å². The number of hydrogen-bond acceptors (Lipinski definition) is 4. The average molecular weight is 320 g/mol. The van der Waals surface area contributed by atoms with Crippen molar-refractivity contribution in [2.24, 2.45) is 0 Å². The first-order valence-corrected chi connectivity index (χ1v) is 7.39. The SMILES string of the molecule is Nc1cc(C(=O)O)c(-c2cccc(OCc3ccccc3)c2)cn1. The van der Waals surface area contributed by atoms with Crippen molar-refractivity contribution in [3.05, 3.63) is 78.0 Å². The number of nitrogens with two attached hydrogens (primary N) is 1. The summed E-state index contributed by atoms with van der Waals surface area (Å²) in [7, 11) is 0. The second kappa shape index (κ2) is 6.83. The Balaban J connectivity index is 1.87. The zero-order chi connectivity index (χ0) is 16.9. The van der Waals surface area contributed by atoms with Crippen LogP contribution in [0, 0.1) is 0 Å². The van der Waals surface area contributed by atoms with E-state index in [1.165, 1.54) is 12.3 Å². The first-order chi connectivity index (χ1) is 11.6. The Labute approximate surface area is 139 Å². The lowest BCUT2D eigenvalue weighted by atomic mass is 10.0. The molecule has 120 valence electrons. The molecule has 1 heterocycles. The van der Waals surface area contributed by atoms with E-state index in [9.17, 15) is 9.90 Å².